The minimum atomic E-state index is -0.724. The highest BCUT2D eigenvalue weighted by atomic mass is 16.2. The SMILES string of the molecule is CCCCN1C(=O)C2CCC(=NNC(N)=O)CC2C1=O. The minimum Gasteiger partial charge on any atom is -0.350 e. The summed E-state index contributed by atoms with van der Waals surface area (Å²) in [5.74, 6) is -0.677. The van der Waals surface area contributed by atoms with Crippen molar-refractivity contribution in [1.29, 1.82) is 0 Å². The fourth-order valence-corrected chi connectivity index (χ4v) is 2.86. The Balaban J connectivity index is 2.05. The van der Waals surface area contributed by atoms with Gasteiger partial charge in [0.15, 0.2) is 0 Å². The summed E-state index contributed by atoms with van der Waals surface area (Å²) < 4.78 is 0. The molecule has 1 saturated heterocycles. The maximum Gasteiger partial charge on any atom is 0.332 e. The number of carbonyl (C=O) groups is 3. The Kier molecular flexibility index (Phi) is 4.36. The molecule has 2 rings (SSSR count). The first-order chi connectivity index (χ1) is 9.54. The van der Waals surface area contributed by atoms with Crippen LogP contribution in [0.4, 0.5) is 4.79 Å². The lowest BCUT2D eigenvalue weighted by atomic mass is 9.80. The molecule has 0 radical (unpaired) electrons. The van der Waals surface area contributed by atoms with E-state index in [0.29, 0.717) is 25.8 Å². The van der Waals surface area contributed by atoms with Crippen molar-refractivity contribution in [3.05, 3.63) is 0 Å². The molecule has 1 aliphatic heterocycles. The fourth-order valence-electron chi connectivity index (χ4n) is 2.86. The number of hydrogen-bond donors (Lipinski definition) is 2. The van der Waals surface area contributed by atoms with Crippen molar-refractivity contribution in [2.75, 3.05) is 6.54 Å². The molecule has 0 spiro atoms. The van der Waals surface area contributed by atoms with Crippen LogP contribution in [0, 0.1) is 11.8 Å². The van der Waals surface area contributed by atoms with Crippen molar-refractivity contribution in [3.63, 3.8) is 0 Å². The molecule has 2 aliphatic rings. The van der Waals surface area contributed by atoms with Crippen LogP contribution in [-0.2, 0) is 9.59 Å². The van der Waals surface area contributed by atoms with Gasteiger partial charge in [0, 0.05) is 12.3 Å². The largest absolute Gasteiger partial charge is 0.350 e. The first-order valence-electron chi connectivity index (χ1n) is 7.00. The number of imide groups is 1. The molecule has 1 saturated carbocycles. The lowest BCUT2D eigenvalue weighted by Gasteiger charge is -2.21. The molecule has 3 N–H and O–H groups in total. The van der Waals surface area contributed by atoms with E-state index in [4.69, 9.17) is 5.73 Å². The molecule has 0 aromatic carbocycles. The van der Waals surface area contributed by atoms with E-state index in [9.17, 15) is 14.4 Å². The summed E-state index contributed by atoms with van der Waals surface area (Å²) in [6, 6.07) is -0.724. The fraction of sp³-hybridized carbons (Fsp3) is 0.692. The Labute approximate surface area is 117 Å². The van der Waals surface area contributed by atoms with Crippen LogP contribution >= 0.6 is 0 Å². The van der Waals surface area contributed by atoms with Gasteiger partial charge in [0.25, 0.3) is 0 Å². The van der Waals surface area contributed by atoms with Gasteiger partial charge in [-0.15, -0.1) is 0 Å². The molecule has 20 heavy (non-hydrogen) atoms. The standard InChI is InChI=1S/C13H20N4O3/c1-2-3-6-17-11(18)9-5-4-8(15-16-13(14)20)7-10(9)12(17)19/h9-10H,2-7H2,1H3,(H3,14,16,20). The second kappa shape index (κ2) is 6.02. The molecule has 0 aromatic rings. The number of hydrazone groups is 1. The van der Waals surface area contributed by atoms with Crippen LogP contribution in [0.25, 0.3) is 0 Å². The molecular weight excluding hydrogens is 260 g/mol. The molecule has 7 heteroatoms. The summed E-state index contributed by atoms with van der Waals surface area (Å²) in [6.45, 7) is 2.53. The van der Waals surface area contributed by atoms with Crippen molar-refractivity contribution in [1.82, 2.24) is 10.3 Å². The predicted molar refractivity (Wildman–Crippen MR) is 72.6 cm³/mol. The normalized spacial score (nSPS) is 27.9. The zero-order valence-corrected chi connectivity index (χ0v) is 11.6. The highest BCUT2D eigenvalue weighted by Crippen LogP contribution is 2.37. The zero-order chi connectivity index (χ0) is 14.7. The van der Waals surface area contributed by atoms with Gasteiger partial charge in [-0.25, -0.2) is 10.2 Å². The molecule has 2 unspecified atom stereocenters. The van der Waals surface area contributed by atoms with Crippen molar-refractivity contribution in [2.24, 2.45) is 22.7 Å². The van der Waals surface area contributed by atoms with E-state index in [1.807, 2.05) is 6.92 Å². The summed E-state index contributed by atoms with van der Waals surface area (Å²) in [5.41, 5.74) is 7.87. The van der Waals surface area contributed by atoms with E-state index < -0.39 is 6.03 Å². The van der Waals surface area contributed by atoms with Crippen molar-refractivity contribution in [3.8, 4) is 0 Å². The number of amides is 4. The summed E-state index contributed by atoms with van der Waals surface area (Å²) in [7, 11) is 0. The third-order valence-corrected chi connectivity index (χ3v) is 3.91. The van der Waals surface area contributed by atoms with E-state index in [1.165, 1.54) is 4.90 Å². The number of fused-ring (bicyclic) bond motifs is 1. The molecule has 0 bridgehead atoms. The average Bonchev–Trinajstić information content (AvgIpc) is 2.66. The Hall–Kier alpha value is -1.92. The van der Waals surface area contributed by atoms with Crippen LogP contribution in [-0.4, -0.2) is 35.0 Å². The van der Waals surface area contributed by atoms with E-state index in [0.717, 1.165) is 18.6 Å². The maximum absolute atomic E-state index is 12.3. The Morgan fingerprint density at radius 1 is 1.40 bits per heavy atom. The second-order valence-electron chi connectivity index (χ2n) is 5.29. The highest BCUT2D eigenvalue weighted by molar-refractivity contribution is 6.08. The molecule has 4 amide bonds. The molecule has 110 valence electrons. The third kappa shape index (κ3) is 2.81. The van der Waals surface area contributed by atoms with Gasteiger partial charge in [-0.3, -0.25) is 14.5 Å². The maximum atomic E-state index is 12.3. The predicted octanol–water partition coefficient (Wildman–Crippen LogP) is 0.596. The number of hydrogen-bond acceptors (Lipinski definition) is 4. The van der Waals surface area contributed by atoms with Crippen LogP contribution in [0.3, 0.4) is 0 Å². The first kappa shape index (κ1) is 14.5. The number of urea groups is 1. The number of rotatable bonds is 4. The van der Waals surface area contributed by atoms with Crippen LogP contribution in [0.5, 0.6) is 0 Å². The van der Waals surface area contributed by atoms with Crippen LogP contribution in [0.15, 0.2) is 5.10 Å². The van der Waals surface area contributed by atoms with Gasteiger partial charge >= 0.3 is 6.03 Å². The Morgan fingerprint density at radius 3 is 2.75 bits per heavy atom. The number of likely N-dealkylation sites (tertiary alicyclic amines) is 1. The van der Waals surface area contributed by atoms with Crippen molar-refractivity contribution in [2.45, 2.75) is 39.0 Å². The smallest absolute Gasteiger partial charge is 0.332 e. The molecule has 1 heterocycles. The summed E-state index contributed by atoms with van der Waals surface area (Å²) in [4.78, 5) is 36.5. The molecule has 2 fully saturated rings. The molecule has 0 aromatic heterocycles. The lowest BCUT2D eigenvalue weighted by Crippen LogP contribution is -2.32. The van der Waals surface area contributed by atoms with Crippen molar-refractivity contribution >= 4 is 23.6 Å². The topological polar surface area (TPSA) is 105 Å². The second-order valence-corrected chi connectivity index (χ2v) is 5.29. The van der Waals surface area contributed by atoms with Crippen LogP contribution in [0.1, 0.15) is 39.0 Å². The summed E-state index contributed by atoms with van der Waals surface area (Å²) >= 11 is 0. The van der Waals surface area contributed by atoms with Gasteiger partial charge in [0.05, 0.1) is 11.8 Å². The molecular formula is C13H20N4O3. The van der Waals surface area contributed by atoms with Crippen LogP contribution < -0.4 is 11.2 Å². The Morgan fingerprint density at radius 2 is 2.10 bits per heavy atom. The monoisotopic (exact) mass is 280 g/mol. The quantitative estimate of drug-likeness (QED) is 0.581. The number of unbranched alkanes of at least 4 members (excludes halogenated alkanes) is 1. The number of nitrogens with one attached hydrogen (secondary N) is 1. The van der Waals surface area contributed by atoms with E-state index >= 15 is 0 Å². The average molecular weight is 280 g/mol. The van der Waals surface area contributed by atoms with E-state index in [2.05, 4.69) is 10.5 Å². The van der Waals surface area contributed by atoms with Gasteiger partial charge in [-0.1, -0.05) is 13.3 Å². The Bertz CT molecular complexity index is 461. The molecule has 2 atom stereocenters. The third-order valence-electron chi connectivity index (χ3n) is 3.91. The highest BCUT2D eigenvalue weighted by Gasteiger charge is 2.49. The number of nitrogens with zero attached hydrogens (tertiary/aromatic N) is 2. The van der Waals surface area contributed by atoms with E-state index in [-0.39, 0.29) is 23.7 Å². The van der Waals surface area contributed by atoms with Gasteiger partial charge in [0.1, 0.15) is 0 Å². The van der Waals surface area contributed by atoms with E-state index in [1.54, 1.807) is 0 Å². The van der Waals surface area contributed by atoms with Gasteiger partial charge in [-0.05, 0) is 25.7 Å². The van der Waals surface area contributed by atoms with Crippen molar-refractivity contribution < 1.29 is 14.4 Å². The lowest BCUT2D eigenvalue weighted by molar-refractivity contribution is -0.139. The first-order valence-corrected chi connectivity index (χ1v) is 7.00. The summed E-state index contributed by atoms with van der Waals surface area (Å²) in [5, 5.41) is 3.90. The van der Waals surface area contributed by atoms with Gasteiger partial charge < -0.3 is 5.73 Å². The van der Waals surface area contributed by atoms with Gasteiger partial charge in [-0.2, -0.15) is 5.10 Å². The van der Waals surface area contributed by atoms with Gasteiger partial charge in [0.2, 0.25) is 11.8 Å². The van der Waals surface area contributed by atoms with Crippen LogP contribution in [0.2, 0.25) is 0 Å². The minimum absolute atomic E-state index is 0.0460. The molecule has 1 aliphatic carbocycles. The number of carbonyl (C=O) groups excluding carboxylic acids is 3. The summed E-state index contributed by atoms with van der Waals surface area (Å²) in [6.07, 6.45) is 3.43. The number of primary amides is 1. The molecule has 7 nitrogen and oxygen atoms in total. The zero-order valence-electron chi connectivity index (χ0n) is 11.6. The number of nitrogens with two attached hydrogens (primary N) is 1.